The third-order valence-electron chi connectivity index (χ3n) is 4.06. The van der Waals surface area contributed by atoms with Gasteiger partial charge in [0.05, 0.1) is 10.9 Å². The van der Waals surface area contributed by atoms with E-state index in [1.807, 2.05) is 18.4 Å². The highest BCUT2D eigenvalue weighted by molar-refractivity contribution is 7.10. The van der Waals surface area contributed by atoms with Gasteiger partial charge >= 0.3 is 6.18 Å². The average Bonchev–Trinajstić information content (AvgIpc) is 2.81. The van der Waals surface area contributed by atoms with Gasteiger partial charge < -0.3 is 5.32 Å². The van der Waals surface area contributed by atoms with E-state index >= 15 is 0 Å². The topological polar surface area (TPSA) is 12.0 Å². The van der Waals surface area contributed by atoms with E-state index in [2.05, 4.69) is 5.32 Å². The molecule has 0 amide bonds. The summed E-state index contributed by atoms with van der Waals surface area (Å²) in [5.41, 5.74) is 0. The number of halogens is 4. The summed E-state index contributed by atoms with van der Waals surface area (Å²) in [6.45, 7) is 2.80. The van der Waals surface area contributed by atoms with E-state index in [0.717, 1.165) is 16.4 Å². The molecule has 0 aromatic carbocycles. The summed E-state index contributed by atoms with van der Waals surface area (Å²) in [7, 11) is 0. The molecule has 1 N–H and O–H groups in total. The Hall–Kier alpha value is -0.260. The summed E-state index contributed by atoms with van der Waals surface area (Å²) in [4.78, 5) is 1.06. The molecule has 1 aliphatic rings. The van der Waals surface area contributed by atoms with Crippen LogP contribution >= 0.6 is 22.9 Å². The van der Waals surface area contributed by atoms with E-state index in [1.165, 1.54) is 0 Å². The maximum atomic E-state index is 12.7. The first-order chi connectivity index (χ1) is 9.43. The first kappa shape index (κ1) is 16.1. The Bertz CT molecular complexity index is 424. The van der Waals surface area contributed by atoms with E-state index in [0.29, 0.717) is 12.8 Å². The molecule has 0 radical (unpaired) electrons. The van der Waals surface area contributed by atoms with E-state index in [-0.39, 0.29) is 24.8 Å². The SMILES string of the molecule is CCNC(c1sccc1Cl)C1CCC(C(F)(F)F)CC1. The zero-order valence-electron chi connectivity index (χ0n) is 11.3. The number of hydrogen-bond donors (Lipinski definition) is 1. The number of thiophene rings is 1. The van der Waals surface area contributed by atoms with Gasteiger partial charge in [-0.25, -0.2) is 0 Å². The first-order valence-electron chi connectivity index (χ1n) is 6.96. The Morgan fingerprint density at radius 3 is 2.45 bits per heavy atom. The van der Waals surface area contributed by atoms with Crippen LogP contribution in [0.25, 0.3) is 0 Å². The van der Waals surface area contributed by atoms with Gasteiger partial charge in [0.25, 0.3) is 0 Å². The maximum absolute atomic E-state index is 12.7. The molecule has 1 unspecified atom stereocenters. The summed E-state index contributed by atoms with van der Waals surface area (Å²) in [5, 5.41) is 6.05. The van der Waals surface area contributed by atoms with Crippen molar-refractivity contribution >= 4 is 22.9 Å². The van der Waals surface area contributed by atoms with E-state index in [4.69, 9.17) is 11.6 Å². The van der Waals surface area contributed by atoms with Crippen LogP contribution in [0.1, 0.15) is 43.5 Å². The molecule has 2 rings (SSSR count). The molecule has 1 atom stereocenters. The Morgan fingerprint density at radius 1 is 1.35 bits per heavy atom. The van der Waals surface area contributed by atoms with Gasteiger partial charge in [-0.15, -0.1) is 11.3 Å². The Morgan fingerprint density at radius 2 is 2.00 bits per heavy atom. The van der Waals surface area contributed by atoms with E-state index in [9.17, 15) is 13.2 Å². The number of rotatable bonds is 4. The van der Waals surface area contributed by atoms with Crippen molar-refractivity contribution in [1.82, 2.24) is 5.32 Å². The normalized spacial score (nSPS) is 25.6. The van der Waals surface area contributed by atoms with Gasteiger partial charge in [0.15, 0.2) is 0 Å². The van der Waals surface area contributed by atoms with Crippen molar-refractivity contribution in [2.45, 2.75) is 44.8 Å². The smallest absolute Gasteiger partial charge is 0.309 e. The monoisotopic (exact) mass is 325 g/mol. The highest BCUT2D eigenvalue weighted by Gasteiger charge is 2.42. The minimum atomic E-state index is -4.04. The molecule has 114 valence electrons. The predicted molar refractivity (Wildman–Crippen MR) is 77.2 cm³/mol. The maximum Gasteiger partial charge on any atom is 0.391 e. The zero-order valence-corrected chi connectivity index (χ0v) is 12.9. The van der Waals surface area contributed by atoms with E-state index < -0.39 is 12.1 Å². The molecule has 1 heterocycles. The molecular formula is C14H19ClF3NS. The standard InChI is InChI=1S/C14H19ClF3NS/c1-2-19-12(13-11(15)7-8-20-13)9-3-5-10(6-4-9)14(16,17)18/h7-10,12,19H,2-6H2,1H3. The second-order valence-electron chi connectivity index (χ2n) is 5.32. The fraction of sp³-hybridized carbons (Fsp3) is 0.714. The molecule has 1 aromatic rings. The molecule has 1 fully saturated rings. The van der Waals surface area contributed by atoms with Gasteiger partial charge in [0, 0.05) is 10.9 Å². The van der Waals surface area contributed by atoms with Crippen LogP contribution in [0.3, 0.4) is 0 Å². The third-order valence-corrected chi connectivity index (χ3v) is 5.50. The summed E-state index contributed by atoms with van der Waals surface area (Å²) >= 11 is 7.76. The third kappa shape index (κ3) is 3.68. The van der Waals surface area contributed by atoms with Gasteiger partial charge in [-0.1, -0.05) is 18.5 Å². The van der Waals surface area contributed by atoms with E-state index in [1.54, 1.807) is 11.3 Å². The molecule has 0 bridgehead atoms. The van der Waals surface area contributed by atoms with Gasteiger partial charge in [0.1, 0.15) is 0 Å². The van der Waals surface area contributed by atoms with Gasteiger partial charge in [-0.3, -0.25) is 0 Å². The highest BCUT2D eigenvalue weighted by atomic mass is 35.5. The second kappa shape index (κ2) is 6.67. The van der Waals surface area contributed by atoms with Crippen molar-refractivity contribution in [3.05, 3.63) is 21.3 Å². The van der Waals surface area contributed by atoms with Crippen LogP contribution in [0.2, 0.25) is 5.02 Å². The lowest BCUT2D eigenvalue weighted by Gasteiger charge is -2.34. The largest absolute Gasteiger partial charge is 0.391 e. The number of hydrogen-bond acceptors (Lipinski definition) is 2. The van der Waals surface area contributed by atoms with Crippen LogP contribution in [0.4, 0.5) is 13.2 Å². The Kier molecular flexibility index (Phi) is 5.37. The van der Waals surface area contributed by atoms with Crippen molar-refractivity contribution in [3.63, 3.8) is 0 Å². The summed E-state index contributed by atoms with van der Waals surface area (Å²) in [6, 6.07) is 1.94. The van der Waals surface area contributed by atoms with Crippen LogP contribution in [0, 0.1) is 11.8 Å². The number of nitrogens with one attached hydrogen (secondary N) is 1. The zero-order chi connectivity index (χ0) is 14.8. The van der Waals surface area contributed by atoms with Crippen LogP contribution in [-0.2, 0) is 0 Å². The lowest BCUT2D eigenvalue weighted by molar-refractivity contribution is -0.184. The molecule has 0 aliphatic heterocycles. The molecule has 20 heavy (non-hydrogen) atoms. The quantitative estimate of drug-likeness (QED) is 0.779. The fourth-order valence-electron chi connectivity index (χ4n) is 3.00. The van der Waals surface area contributed by atoms with Crippen molar-refractivity contribution in [3.8, 4) is 0 Å². The lowest BCUT2D eigenvalue weighted by atomic mass is 9.78. The second-order valence-corrected chi connectivity index (χ2v) is 6.68. The van der Waals surface area contributed by atoms with Crippen molar-refractivity contribution in [2.75, 3.05) is 6.54 Å². The highest BCUT2D eigenvalue weighted by Crippen LogP contribution is 2.45. The summed E-state index contributed by atoms with van der Waals surface area (Å²) in [5.74, 6) is -0.885. The summed E-state index contributed by atoms with van der Waals surface area (Å²) in [6.07, 6.45) is -2.36. The van der Waals surface area contributed by atoms with Gasteiger partial charge in [-0.05, 0) is 49.6 Å². The van der Waals surface area contributed by atoms with Crippen molar-refractivity contribution in [2.24, 2.45) is 11.8 Å². The van der Waals surface area contributed by atoms with Gasteiger partial charge in [-0.2, -0.15) is 13.2 Å². The molecular weight excluding hydrogens is 307 g/mol. The molecule has 1 aliphatic carbocycles. The fourth-order valence-corrected chi connectivity index (χ4v) is 4.34. The van der Waals surface area contributed by atoms with Crippen LogP contribution in [-0.4, -0.2) is 12.7 Å². The summed E-state index contributed by atoms with van der Waals surface area (Å²) < 4.78 is 38.2. The average molecular weight is 326 g/mol. The minimum Gasteiger partial charge on any atom is -0.309 e. The number of alkyl halides is 3. The molecule has 1 saturated carbocycles. The van der Waals surface area contributed by atoms with Crippen LogP contribution < -0.4 is 5.32 Å². The molecule has 0 spiro atoms. The molecule has 6 heteroatoms. The Balaban J connectivity index is 2.04. The minimum absolute atomic E-state index is 0.0849. The van der Waals surface area contributed by atoms with Crippen LogP contribution in [0.5, 0.6) is 0 Å². The van der Waals surface area contributed by atoms with Gasteiger partial charge in [0.2, 0.25) is 0 Å². The van der Waals surface area contributed by atoms with Crippen molar-refractivity contribution in [1.29, 1.82) is 0 Å². The molecule has 1 nitrogen and oxygen atoms in total. The molecule has 1 aromatic heterocycles. The lowest BCUT2D eigenvalue weighted by Crippen LogP contribution is -2.34. The first-order valence-corrected chi connectivity index (χ1v) is 8.22. The predicted octanol–water partition coefficient (Wildman–Crippen LogP) is 5.42. The molecule has 0 saturated heterocycles. The Labute approximate surface area is 126 Å². The van der Waals surface area contributed by atoms with Crippen molar-refractivity contribution < 1.29 is 13.2 Å². The van der Waals surface area contributed by atoms with Crippen LogP contribution in [0.15, 0.2) is 11.4 Å².